The van der Waals surface area contributed by atoms with Crippen LogP contribution in [0.1, 0.15) is 38.5 Å². The molecule has 1 aliphatic carbocycles. The number of fused-ring (bicyclic) bond motifs is 1. The van der Waals surface area contributed by atoms with Crippen LogP contribution in [0, 0.1) is 0 Å². The van der Waals surface area contributed by atoms with E-state index in [1.807, 2.05) is 0 Å². The predicted octanol–water partition coefficient (Wildman–Crippen LogP) is 6.98. The van der Waals surface area contributed by atoms with Crippen molar-refractivity contribution in [1.82, 2.24) is 14.5 Å². The van der Waals surface area contributed by atoms with Crippen LogP contribution in [-0.2, 0) is 0 Å². The van der Waals surface area contributed by atoms with Crippen LogP contribution in [-0.4, -0.2) is 20.6 Å². The Balaban J connectivity index is 1.66. The van der Waals surface area contributed by atoms with E-state index >= 15 is 0 Å². The highest BCUT2D eigenvalue weighted by atomic mass is 79.9. The van der Waals surface area contributed by atoms with Crippen LogP contribution >= 0.6 is 15.9 Å². The Hall–Kier alpha value is -2.66. The minimum atomic E-state index is 0.477. The molecule has 0 saturated heterocycles. The Morgan fingerprint density at radius 2 is 1.60 bits per heavy atom. The number of hydrogen-bond donors (Lipinski definition) is 1. The fourth-order valence-corrected chi connectivity index (χ4v) is 4.69. The Morgan fingerprint density at radius 3 is 2.33 bits per heavy atom. The zero-order valence-corrected chi connectivity index (χ0v) is 18.5. The molecule has 2 heterocycles. The van der Waals surface area contributed by atoms with Crippen molar-refractivity contribution in [3.8, 4) is 16.8 Å². The Morgan fingerprint density at radius 1 is 0.867 bits per heavy atom. The van der Waals surface area contributed by atoms with Gasteiger partial charge in [-0.25, -0.2) is 9.97 Å². The van der Waals surface area contributed by atoms with Gasteiger partial charge in [0.05, 0.1) is 5.39 Å². The lowest BCUT2D eigenvalue weighted by atomic mass is 10.1. The van der Waals surface area contributed by atoms with E-state index in [9.17, 15) is 0 Å². The summed E-state index contributed by atoms with van der Waals surface area (Å²) in [6.07, 6.45) is 11.6. The predicted molar refractivity (Wildman–Crippen MR) is 127 cm³/mol. The van der Waals surface area contributed by atoms with Gasteiger partial charge >= 0.3 is 0 Å². The lowest BCUT2D eigenvalue weighted by molar-refractivity contribution is 0.618. The standard InChI is InChI=1S/C25H25BrN4/c26-19-12-14-21(15-13-19)30-16-22(18-8-4-3-5-9-18)23-24(27-17-28-25(23)30)29-20-10-6-1-2-7-11-20/h3-5,8-9,12-17,20H,1-2,6-7,10-11H2,(H,27,28,29). The lowest BCUT2D eigenvalue weighted by Gasteiger charge is -2.18. The molecule has 0 aliphatic heterocycles. The number of benzene rings is 2. The number of rotatable bonds is 4. The average molecular weight is 461 g/mol. The maximum absolute atomic E-state index is 4.70. The van der Waals surface area contributed by atoms with Crippen molar-refractivity contribution < 1.29 is 0 Å². The quantitative estimate of drug-likeness (QED) is 0.333. The highest BCUT2D eigenvalue weighted by molar-refractivity contribution is 9.10. The van der Waals surface area contributed by atoms with Crippen molar-refractivity contribution in [2.24, 2.45) is 0 Å². The van der Waals surface area contributed by atoms with Gasteiger partial charge < -0.3 is 9.88 Å². The van der Waals surface area contributed by atoms with Crippen LogP contribution in [0.5, 0.6) is 0 Å². The first-order valence-corrected chi connectivity index (χ1v) is 11.5. The van der Waals surface area contributed by atoms with Crippen LogP contribution in [0.15, 0.2) is 71.6 Å². The van der Waals surface area contributed by atoms with E-state index < -0.39 is 0 Å². The Kier molecular flexibility index (Phi) is 5.54. The van der Waals surface area contributed by atoms with Crippen molar-refractivity contribution in [3.63, 3.8) is 0 Å². The second-order valence-electron chi connectivity index (χ2n) is 8.01. The molecule has 0 amide bonds. The van der Waals surface area contributed by atoms with Gasteiger partial charge in [-0.2, -0.15) is 0 Å². The monoisotopic (exact) mass is 460 g/mol. The van der Waals surface area contributed by atoms with Crippen molar-refractivity contribution in [2.45, 2.75) is 44.6 Å². The molecular weight excluding hydrogens is 436 g/mol. The van der Waals surface area contributed by atoms with Gasteiger partial charge in [-0.3, -0.25) is 0 Å². The second kappa shape index (κ2) is 8.60. The first-order valence-electron chi connectivity index (χ1n) is 10.7. The molecule has 1 aliphatic rings. The van der Waals surface area contributed by atoms with Gasteiger partial charge in [0.2, 0.25) is 0 Å². The van der Waals surface area contributed by atoms with Gasteiger partial charge in [0.1, 0.15) is 12.1 Å². The summed E-state index contributed by atoms with van der Waals surface area (Å²) in [5, 5.41) is 4.87. The molecule has 1 saturated carbocycles. The van der Waals surface area contributed by atoms with Gasteiger partial charge in [0, 0.05) is 28.0 Å². The smallest absolute Gasteiger partial charge is 0.150 e. The van der Waals surface area contributed by atoms with E-state index in [-0.39, 0.29) is 0 Å². The Bertz CT molecular complexity index is 1130. The van der Waals surface area contributed by atoms with E-state index in [2.05, 4.69) is 86.6 Å². The zero-order valence-electron chi connectivity index (χ0n) is 16.9. The SMILES string of the molecule is Brc1ccc(-n2cc(-c3ccccc3)c3c(NC4CCCCCC4)ncnc32)cc1. The van der Waals surface area contributed by atoms with Crippen LogP contribution < -0.4 is 5.32 Å². The minimum Gasteiger partial charge on any atom is -0.367 e. The van der Waals surface area contributed by atoms with Gasteiger partial charge in [-0.05, 0) is 42.7 Å². The number of aromatic nitrogens is 3. The molecule has 30 heavy (non-hydrogen) atoms. The molecule has 2 aromatic carbocycles. The molecule has 1 fully saturated rings. The second-order valence-corrected chi connectivity index (χ2v) is 8.92. The summed E-state index contributed by atoms with van der Waals surface area (Å²) in [5.74, 6) is 0.946. The molecule has 1 N–H and O–H groups in total. The topological polar surface area (TPSA) is 42.7 Å². The molecule has 5 rings (SSSR count). The van der Waals surface area contributed by atoms with E-state index in [1.165, 1.54) is 44.1 Å². The van der Waals surface area contributed by atoms with Crippen LogP contribution in [0.25, 0.3) is 27.8 Å². The largest absolute Gasteiger partial charge is 0.367 e. The summed E-state index contributed by atoms with van der Waals surface area (Å²) in [6, 6.07) is 19.4. The third-order valence-corrected chi connectivity index (χ3v) is 6.50. The first kappa shape index (κ1) is 19.3. The number of anilines is 1. The highest BCUT2D eigenvalue weighted by Gasteiger charge is 2.20. The molecule has 0 spiro atoms. The van der Waals surface area contributed by atoms with E-state index in [4.69, 9.17) is 9.97 Å². The number of hydrogen-bond acceptors (Lipinski definition) is 3. The minimum absolute atomic E-state index is 0.477. The summed E-state index contributed by atoms with van der Waals surface area (Å²) in [5.41, 5.74) is 4.36. The third kappa shape index (κ3) is 3.86. The van der Waals surface area contributed by atoms with Crippen LogP contribution in [0.2, 0.25) is 0 Å². The van der Waals surface area contributed by atoms with Crippen molar-refractivity contribution >= 4 is 32.8 Å². The lowest BCUT2D eigenvalue weighted by Crippen LogP contribution is -2.19. The number of halogens is 1. The van der Waals surface area contributed by atoms with Crippen molar-refractivity contribution in [3.05, 3.63) is 71.6 Å². The van der Waals surface area contributed by atoms with Crippen LogP contribution in [0.4, 0.5) is 5.82 Å². The van der Waals surface area contributed by atoms with Crippen molar-refractivity contribution in [1.29, 1.82) is 0 Å². The van der Waals surface area contributed by atoms with Crippen molar-refractivity contribution in [2.75, 3.05) is 5.32 Å². The van der Waals surface area contributed by atoms with Gasteiger partial charge in [-0.15, -0.1) is 0 Å². The van der Waals surface area contributed by atoms with Crippen LogP contribution in [0.3, 0.4) is 0 Å². The Labute approximate surface area is 185 Å². The number of nitrogens with one attached hydrogen (secondary N) is 1. The van der Waals surface area contributed by atoms with Gasteiger partial charge in [-0.1, -0.05) is 71.9 Å². The fraction of sp³-hybridized carbons (Fsp3) is 0.280. The molecule has 0 unspecified atom stereocenters. The third-order valence-electron chi connectivity index (χ3n) is 5.97. The first-order chi connectivity index (χ1) is 14.8. The van der Waals surface area contributed by atoms with E-state index in [1.54, 1.807) is 6.33 Å². The molecule has 2 aromatic heterocycles. The molecule has 4 aromatic rings. The molecule has 0 atom stereocenters. The summed E-state index contributed by atoms with van der Waals surface area (Å²) in [6.45, 7) is 0. The highest BCUT2D eigenvalue weighted by Crippen LogP contribution is 2.36. The normalized spacial score (nSPS) is 15.2. The maximum Gasteiger partial charge on any atom is 0.150 e. The molecule has 152 valence electrons. The summed E-state index contributed by atoms with van der Waals surface area (Å²) in [7, 11) is 0. The summed E-state index contributed by atoms with van der Waals surface area (Å²) >= 11 is 3.54. The average Bonchev–Trinajstić information content (AvgIpc) is 2.99. The van der Waals surface area contributed by atoms with Gasteiger partial charge in [0.15, 0.2) is 5.65 Å². The summed E-state index contributed by atoms with van der Waals surface area (Å²) < 4.78 is 3.24. The summed E-state index contributed by atoms with van der Waals surface area (Å²) in [4.78, 5) is 9.39. The van der Waals surface area contributed by atoms with E-state index in [0.717, 1.165) is 32.6 Å². The fourth-order valence-electron chi connectivity index (χ4n) is 4.42. The molecule has 0 bridgehead atoms. The molecular formula is C25H25BrN4. The molecule has 0 radical (unpaired) electrons. The molecule has 4 nitrogen and oxygen atoms in total. The van der Waals surface area contributed by atoms with Gasteiger partial charge in [0.25, 0.3) is 0 Å². The van der Waals surface area contributed by atoms with E-state index in [0.29, 0.717) is 6.04 Å². The number of nitrogens with zero attached hydrogens (tertiary/aromatic N) is 3. The maximum atomic E-state index is 4.70. The molecule has 5 heteroatoms. The zero-order chi connectivity index (χ0) is 20.3.